The Morgan fingerprint density at radius 1 is 1.12 bits per heavy atom. The lowest BCUT2D eigenvalue weighted by atomic mass is 10.2. The van der Waals surface area contributed by atoms with E-state index in [9.17, 15) is 4.79 Å². The van der Waals surface area contributed by atoms with E-state index in [-0.39, 0.29) is 12.5 Å². The highest BCUT2D eigenvalue weighted by atomic mass is 16.5. The van der Waals surface area contributed by atoms with Gasteiger partial charge in [-0.05, 0) is 42.5 Å². The summed E-state index contributed by atoms with van der Waals surface area (Å²) < 4.78 is 15.7. The van der Waals surface area contributed by atoms with Crippen molar-refractivity contribution >= 4 is 17.8 Å². The van der Waals surface area contributed by atoms with Crippen molar-refractivity contribution in [3.8, 4) is 17.2 Å². The molecule has 0 aliphatic rings. The number of oxime groups is 1. The molecule has 0 atom stereocenters. The van der Waals surface area contributed by atoms with E-state index in [1.165, 1.54) is 13.3 Å². The summed E-state index contributed by atoms with van der Waals surface area (Å²) in [5.74, 6) is 1.26. The van der Waals surface area contributed by atoms with E-state index in [4.69, 9.17) is 19.4 Å². The van der Waals surface area contributed by atoms with Crippen molar-refractivity contribution < 1.29 is 24.2 Å². The van der Waals surface area contributed by atoms with Crippen LogP contribution in [-0.4, -0.2) is 38.2 Å². The number of hydrogen-bond donors (Lipinski definition) is 2. The number of methoxy groups -OCH3 is 2. The lowest BCUT2D eigenvalue weighted by molar-refractivity contribution is -0.118. The molecule has 7 nitrogen and oxygen atoms in total. The van der Waals surface area contributed by atoms with Crippen LogP contribution in [0, 0.1) is 0 Å². The second-order valence-electron chi connectivity index (χ2n) is 4.72. The van der Waals surface area contributed by atoms with Crippen LogP contribution in [0.25, 0.3) is 0 Å². The minimum atomic E-state index is -0.303. The molecule has 0 radical (unpaired) electrons. The van der Waals surface area contributed by atoms with Crippen molar-refractivity contribution in [1.82, 2.24) is 0 Å². The standard InChI is InChI=1S/C17H18N2O5/c1-22-14-6-4-13(5-7-14)19-17(20)11-24-15-8-3-12(10-18-21)9-16(15)23-2/h3-10,21H,11H2,1-2H3,(H,19,20)/b18-10+. The molecular weight excluding hydrogens is 312 g/mol. The molecule has 7 heteroatoms. The smallest absolute Gasteiger partial charge is 0.262 e. The molecule has 0 aliphatic heterocycles. The van der Waals surface area contributed by atoms with Crippen molar-refractivity contribution in [2.45, 2.75) is 0 Å². The number of ether oxygens (including phenoxy) is 3. The molecule has 0 saturated carbocycles. The summed E-state index contributed by atoms with van der Waals surface area (Å²) in [5.41, 5.74) is 1.29. The maximum absolute atomic E-state index is 11.9. The van der Waals surface area contributed by atoms with Gasteiger partial charge in [-0.2, -0.15) is 0 Å². The summed E-state index contributed by atoms with van der Waals surface area (Å²) in [6.45, 7) is -0.171. The molecule has 0 unspecified atom stereocenters. The first-order valence-electron chi connectivity index (χ1n) is 7.08. The van der Waals surface area contributed by atoms with Gasteiger partial charge >= 0.3 is 0 Å². The molecule has 0 heterocycles. The Balaban J connectivity index is 1.95. The average Bonchev–Trinajstić information content (AvgIpc) is 2.61. The third-order valence-electron chi connectivity index (χ3n) is 3.13. The Bertz CT molecular complexity index is 713. The topological polar surface area (TPSA) is 89.4 Å². The highest BCUT2D eigenvalue weighted by Crippen LogP contribution is 2.27. The van der Waals surface area contributed by atoms with Crippen LogP contribution in [0.3, 0.4) is 0 Å². The van der Waals surface area contributed by atoms with Crippen molar-refractivity contribution in [3.05, 3.63) is 48.0 Å². The molecule has 24 heavy (non-hydrogen) atoms. The Labute approximate surface area is 139 Å². The van der Waals surface area contributed by atoms with Crippen LogP contribution in [0.1, 0.15) is 5.56 Å². The summed E-state index contributed by atoms with van der Waals surface area (Å²) in [5, 5.41) is 14.2. The van der Waals surface area contributed by atoms with Crippen LogP contribution in [0.4, 0.5) is 5.69 Å². The maximum atomic E-state index is 11.9. The first kappa shape index (κ1) is 17.1. The van der Waals surface area contributed by atoms with Gasteiger partial charge < -0.3 is 24.7 Å². The number of carbonyl (C=O) groups excluding carboxylic acids is 1. The average molecular weight is 330 g/mol. The highest BCUT2D eigenvalue weighted by Gasteiger charge is 2.09. The van der Waals surface area contributed by atoms with Gasteiger partial charge in [0.2, 0.25) is 0 Å². The fraction of sp³-hybridized carbons (Fsp3) is 0.176. The molecule has 2 N–H and O–H groups in total. The molecule has 2 aromatic carbocycles. The van der Waals surface area contributed by atoms with Gasteiger partial charge in [-0.15, -0.1) is 0 Å². The molecule has 0 bridgehead atoms. The molecule has 2 rings (SSSR count). The summed E-state index contributed by atoms with van der Waals surface area (Å²) in [7, 11) is 3.06. The zero-order chi connectivity index (χ0) is 17.4. The maximum Gasteiger partial charge on any atom is 0.262 e. The zero-order valence-corrected chi connectivity index (χ0v) is 13.4. The van der Waals surface area contributed by atoms with Crippen molar-refractivity contribution in [2.75, 3.05) is 26.1 Å². The van der Waals surface area contributed by atoms with Crippen LogP contribution >= 0.6 is 0 Å². The molecular formula is C17H18N2O5. The van der Waals surface area contributed by atoms with Gasteiger partial charge in [0.25, 0.3) is 5.91 Å². The predicted octanol–water partition coefficient (Wildman–Crippen LogP) is 2.53. The number of hydrogen-bond acceptors (Lipinski definition) is 6. The van der Waals surface area contributed by atoms with Gasteiger partial charge in [-0.1, -0.05) is 5.16 Å². The molecule has 0 saturated heterocycles. The Morgan fingerprint density at radius 3 is 2.50 bits per heavy atom. The van der Waals surface area contributed by atoms with Crippen LogP contribution in [0.15, 0.2) is 47.6 Å². The van der Waals surface area contributed by atoms with Gasteiger partial charge in [0.1, 0.15) is 5.75 Å². The van der Waals surface area contributed by atoms with Crippen molar-refractivity contribution in [1.29, 1.82) is 0 Å². The normalized spacial score (nSPS) is 10.4. The third kappa shape index (κ3) is 4.64. The largest absolute Gasteiger partial charge is 0.497 e. The number of rotatable bonds is 7. The Morgan fingerprint density at radius 2 is 1.88 bits per heavy atom. The molecule has 0 aliphatic carbocycles. The number of benzene rings is 2. The fourth-order valence-corrected chi connectivity index (χ4v) is 1.97. The van der Waals surface area contributed by atoms with E-state index >= 15 is 0 Å². The highest BCUT2D eigenvalue weighted by molar-refractivity contribution is 5.92. The number of nitrogens with zero attached hydrogens (tertiary/aromatic N) is 1. The Hall–Kier alpha value is -3.22. The van der Waals surface area contributed by atoms with Crippen molar-refractivity contribution in [3.63, 3.8) is 0 Å². The quantitative estimate of drug-likeness (QED) is 0.462. The van der Waals surface area contributed by atoms with Gasteiger partial charge in [0.15, 0.2) is 18.1 Å². The monoisotopic (exact) mass is 330 g/mol. The summed E-state index contributed by atoms with van der Waals surface area (Å²) in [6.07, 6.45) is 1.27. The van der Waals surface area contributed by atoms with E-state index in [0.29, 0.717) is 28.5 Å². The lowest BCUT2D eigenvalue weighted by Gasteiger charge is -2.11. The lowest BCUT2D eigenvalue weighted by Crippen LogP contribution is -2.20. The Kier molecular flexibility index (Phi) is 6.01. The van der Waals surface area contributed by atoms with Crippen LogP contribution in [-0.2, 0) is 4.79 Å². The fourth-order valence-electron chi connectivity index (χ4n) is 1.97. The van der Waals surface area contributed by atoms with E-state index in [2.05, 4.69) is 10.5 Å². The molecule has 0 aromatic heterocycles. The van der Waals surface area contributed by atoms with Gasteiger partial charge in [-0.3, -0.25) is 4.79 Å². The van der Waals surface area contributed by atoms with Crippen LogP contribution in [0.5, 0.6) is 17.2 Å². The van der Waals surface area contributed by atoms with E-state index in [1.807, 2.05) is 0 Å². The van der Waals surface area contributed by atoms with E-state index in [0.717, 1.165) is 0 Å². The second kappa shape index (κ2) is 8.42. The predicted molar refractivity (Wildman–Crippen MR) is 89.5 cm³/mol. The van der Waals surface area contributed by atoms with Crippen LogP contribution in [0.2, 0.25) is 0 Å². The number of anilines is 1. The summed E-state index contributed by atoms with van der Waals surface area (Å²) in [6, 6.07) is 11.9. The van der Waals surface area contributed by atoms with Crippen LogP contribution < -0.4 is 19.5 Å². The third-order valence-corrected chi connectivity index (χ3v) is 3.13. The first-order chi connectivity index (χ1) is 11.7. The molecule has 2 aromatic rings. The minimum Gasteiger partial charge on any atom is -0.497 e. The van der Waals surface area contributed by atoms with Crippen molar-refractivity contribution in [2.24, 2.45) is 5.16 Å². The molecule has 0 fully saturated rings. The number of nitrogens with one attached hydrogen (secondary N) is 1. The second-order valence-corrected chi connectivity index (χ2v) is 4.72. The van der Waals surface area contributed by atoms with Gasteiger partial charge in [-0.25, -0.2) is 0 Å². The number of carbonyl (C=O) groups is 1. The van der Waals surface area contributed by atoms with E-state index in [1.54, 1.807) is 49.6 Å². The summed E-state index contributed by atoms with van der Waals surface area (Å²) >= 11 is 0. The SMILES string of the molecule is COc1ccc(NC(=O)COc2ccc(/C=N/O)cc2OC)cc1. The molecule has 0 spiro atoms. The number of amides is 1. The first-order valence-corrected chi connectivity index (χ1v) is 7.08. The molecule has 1 amide bonds. The minimum absolute atomic E-state index is 0.171. The van der Waals surface area contributed by atoms with Gasteiger partial charge in [0.05, 0.1) is 20.4 Å². The molecule has 126 valence electrons. The van der Waals surface area contributed by atoms with E-state index < -0.39 is 0 Å². The zero-order valence-electron chi connectivity index (χ0n) is 13.4. The summed E-state index contributed by atoms with van der Waals surface area (Å²) in [4.78, 5) is 11.9. The van der Waals surface area contributed by atoms with Gasteiger partial charge in [0, 0.05) is 11.3 Å².